The molecule has 3 unspecified atom stereocenters. The molecule has 3 atom stereocenters. The quantitative estimate of drug-likeness (QED) is 0.578. The number of alkyl halides is 1. The van der Waals surface area contributed by atoms with E-state index in [2.05, 4.69) is 22.9 Å². The van der Waals surface area contributed by atoms with E-state index in [1.54, 1.807) is 0 Å². The zero-order chi connectivity index (χ0) is 12.4. The molecule has 3 nitrogen and oxygen atoms in total. The predicted molar refractivity (Wildman–Crippen MR) is 69.7 cm³/mol. The predicted octanol–water partition coefficient (Wildman–Crippen LogP) is 2.58. The summed E-state index contributed by atoms with van der Waals surface area (Å²) < 4.78 is 0. The number of hydrogen-bond donors (Lipinski definition) is 0. The van der Waals surface area contributed by atoms with Crippen molar-refractivity contribution in [2.45, 2.75) is 39.0 Å². The molecule has 2 rings (SSSR count). The molecular weight excluding hydrogens is 282 g/mol. The molecule has 0 radical (unpaired) electrons. The molecule has 2 aliphatic rings. The lowest BCUT2D eigenvalue weighted by Gasteiger charge is -2.18. The summed E-state index contributed by atoms with van der Waals surface area (Å²) in [7, 11) is 0. The summed E-state index contributed by atoms with van der Waals surface area (Å²) in [5.74, 6) is 0.811. The zero-order valence-electron chi connectivity index (χ0n) is 10.3. The second kappa shape index (κ2) is 5.51. The molecular formula is C13H20BrNO2. The van der Waals surface area contributed by atoms with Crippen molar-refractivity contribution in [1.29, 1.82) is 0 Å². The molecule has 0 N–H and O–H groups in total. The summed E-state index contributed by atoms with van der Waals surface area (Å²) in [6.07, 6.45) is 4.91. The summed E-state index contributed by atoms with van der Waals surface area (Å²) in [6, 6.07) is 0. The van der Waals surface area contributed by atoms with E-state index in [4.69, 9.17) is 0 Å². The van der Waals surface area contributed by atoms with Crippen LogP contribution in [0.25, 0.3) is 0 Å². The average molecular weight is 302 g/mol. The first-order chi connectivity index (χ1) is 8.15. The maximum absolute atomic E-state index is 12.1. The van der Waals surface area contributed by atoms with Gasteiger partial charge in [-0.15, -0.1) is 0 Å². The van der Waals surface area contributed by atoms with E-state index in [1.165, 1.54) is 4.90 Å². The highest BCUT2D eigenvalue weighted by Crippen LogP contribution is 2.39. The fourth-order valence-electron chi connectivity index (χ4n) is 2.96. The van der Waals surface area contributed by atoms with Gasteiger partial charge in [0, 0.05) is 11.9 Å². The maximum atomic E-state index is 12.1. The monoisotopic (exact) mass is 301 g/mol. The number of carbonyl (C=O) groups excluding carboxylic acids is 2. The van der Waals surface area contributed by atoms with Crippen LogP contribution in [0.15, 0.2) is 0 Å². The molecule has 0 bridgehead atoms. The van der Waals surface area contributed by atoms with Gasteiger partial charge in [0.05, 0.1) is 11.8 Å². The molecule has 2 amide bonds. The van der Waals surface area contributed by atoms with Crippen molar-refractivity contribution < 1.29 is 9.59 Å². The van der Waals surface area contributed by atoms with Crippen molar-refractivity contribution in [3.05, 3.63) is 0 Å². The third kappa shape index (κ3) is 2.56. The molecule has 1 aliphatic heterocycles. The number of fused-ring (bicyclic) bond motifs is 1. The van der Waals surface area contributed by atoms with E-state index in [-0.39, 0.29) is 23.7 Å². The summed E-state index contributed by atoms with van der Waals surface area (Å²) in [5, 5.41) is 0.987. The third-order valence-electron chi connectivity index (χ3n) is 4.13. The van der Waals surface area contributed by atoms with Gasteiger partial charge < -0.3 is 0 Å². The van der Waals surface area contributed by atoms with Crippen LogP contribution in [0, 0.1) is 17.8 Å². The van der Waals surface area contributed by atoms with Crippen LogP contribution < -0.4 is 0 Å². The summed E-state index contributed by atoms with van der Waals surface area (Å²) in [4.78, 5) is 25.7. The van der Waals surface area contributed by atoms with E-state index in [0.717, 1.165) is 37.4 Å². The molecule has 0 aromatic heterocycles. The number of amides is 2. The number of carbonyl (C=O) groups is 2. The zero-order valence-corrected chi connectivity index (χ0v) is 11.9. The summed E-state index contributed by atoms with van der Waals surface area (Å²) in [6.45, 7) is 2.80. The first kappa shape index (κ1) is 13.1. The number of imide groups is 1. The van der Waals surface area contributed by atoms with Crippen molar-refractivity contribution in [1.82, 2.24) is 4.90 Å². The molecule has 4 heteroatoms. The lowest BCUT2D eigenvalue weighted by Crippen LogP contribution is -2.33. The van der Waals surface area contributed by atoms with E-state index in [9.17, 15) is 9.59 Å². The molecule has 1 heterocycles. The Morgan fingerprint density at radius 3 is 2.35 bits per heavy atom. The number of nitrogens with zero attached hydrogens (tertiary/aromatic N) is 1. The maximum Gasteiger partial charge on any atom is 0.233 e. The minimum Gasteiger partial charge on any atom is -0.282 e. The molecule has 0 spiro atoms. The smallest absolute Gasteiger partial charge is 0.233 e. The Balaban J connectivity index is 1.89. The van der Waals surface area contributed by atoms with E-state index >= 15 is 0 Å². The highest BCUT2D eigenvalue weighted by Gasteiger charge is 2.49. The Kier molecular flexibility index (Phi) is 4.23. The van der Waals surface area contributed by atoms with Crippen LogP contribution in [0.4, 0.5) is 0 Å². The molecule has 17 heavy (non-hydrogen) atoms. The number of rotatable bonds is 5. The molecule has 1 saturated carbocycles. The summed E-state index contributed by atoms with van der Waals surface area (Å²) >= 11 is 3.42. The average Bonchev–Trinajstić information content (AvgIpc) is 2.84. The van der Waals surface area contributed by atoms with Crippen molar-refractivity contribution in [2.24, 2.45) is 17.8 Å². The van der Waals surface area contributed by atoms with Crippen molar-refractivity contribution in [2.75, 3.05) is 11.9 Å². The van der Waals surface area contributed by atoms with Gasteiger partial charge in [-0.1, -0.05) is 29.3 Å². The van der Waals surface area contributed by atoms with Gasteiger partial charge >= 0.3 is 0 Å². The minimum atomic E-state index is 0.0222. The van der Waals surface area contributed by atoms with Gasteiger partial charge in [-0.3, -0.25) is 14.5 Å². The van der Waals surface area contributed by atoms with E-state index in [1.807, 2.05) is 0 Å². The van der Waals surface area contributed by atoms with Gasteiger partial charge in [-0.2, -0.15) is 0 Å². The normalized spacial score (nSPS) is 29.9. The van der Waals surface area contributed by atoms with Gasteiger partial charge in [-0.05, 0) is 31.6 Å². The molecule has 2 fully saturated rings. The fraction of sp³-hybridized carbons (Fsp3) is 0.846. The highest BCUT2D eigenvalue weighted by molar-refractivity contribution is 9.09. The number of likely N-dealkylation sites (tertiary alicyclic amines) is 1. The first-order valence-electron chi connectivity index (χ1n) is 6.56. The molecule has 0 aromatic carbocycles. The van der Waals surface area contributed by atoms with Crippen LogP contribution in [-0.4, -0.2) is 28.6 Å². The van der Waals surface area contributed by atoms with E-state index in [0.29, 0.717) is 12.5 Å². The van der Waals surface area contributed by atoms with E-state index < -0.39 is 0 Å². The standard InChI is InChI=1S/C13H20BrNO2/c1-9(5-7-14)6-8-15-12(16)10-3-2-4-11(10)13(15)17/h9-11H,2-8H2,1H3. The Bertz CT molecular complexity index is 297. The van der Waals surface area contributed by atoms with Crippen LogP contribution >= 0.6 is 15.9 Å². The van der Waals surface area contributed by atoms with Crippen LogP contribution in [-0.2, 0) is 9.59 Å². The van der Waals surface area contributed by atoms with Crippen molar-refractivity contribution in [3.8, 4) is 0 Å². The molecule has 0 aromatic rings. The highest BCUT2D eigenvalue weighted by atomic mass is 79.9. The van der Waals surface area contributed by atoms with Gasteiger partial charge in [0.1, 0.15) is 0 Å². The lowest BCUT2D eigenvalue weighted by molar-refractivity contribution is -0.140. The number of halogens is 1. The second-order valence-corrected chi connectivity index (χ2v) is 6.14. The van der Waals surface area contributed by atoms with Crippen molar-refractivity contribution >= 4 is 27.7 Å². The number of hydrogen-bond acceptors (Lipinski definition) is 2. The van der Waals surface area contributed by atoms with Crippen LogP contribution in [0.2, 0.25) is 0 Å². The van der Waals surface area contributed by atoms with Crippen LogP contribution in [0.3, 0.4) is 0 Å². The molecule has 1 aliphatic carbocycles. The Hall–Kier alpha value is -0.380. The largest absolute Gasteiger partial charge is 0.282 e. The van der Waals surface area contributed by atoms with Gasteiger partial charge in [-0.25, -0.2) is 0 Å². The Morgan fingerprint density at radius 1 is 1.24 bits per heavy atom. The van der Waals surface area contributed by atoms with Gasteiger partial charge in [0.25, 0.3) is 0 Å². The third-order valence-corrected chi connectivity index (χ3v) is 4.59. The SMILES string of the molecule is CC(CCBr)CCN1C(=O)C2CCCC2C1=O. The minimum absolute atomic E-state index is 0.0222. The Labute approximate surface area is 111 Å². The Morgan fingerprint density at radius 2 is 1.82 bits per heavy atom. The lowest BCUT2D eigenvalue weighted by atomic mass is 10.00. The molecule has 1 saturated heterocycles. The van der Waals surface area contributed by atoms with Gasteiger partial charge in [0.2, 0.25) is 11.8 Å². The molecule has 96 valence electrons. The van der Waals surface area contributed by atoms with Crippen LogP contribution in [0.5, 0.6) is 0 Å². The van der Waals surface area contributed by atoms with Crippen molar-refractivity contribution in [3.63, 3.8) is 0 Å². The summed E-state index contributed by atoms with van der Waals surface area (Å²) in [5.41, 5.74) is 0. The topological polar surface area (TPSA) is 37.4 Å². The van der Waals surface area contributed by atoms with Gasteiger partial charge in [0.15, 0.2) is 0 Å². The van der Waals surface area contributed by atoms with Crippen LogP contribution in [0.1, 0.15) is 39.0 Å². The second-order valence-electron chi connectivity index (χ2n) is 5.34. The fourth-order valence-corrected chi connectivity index (χ4v) is 3.74. The first-order valence-corrected chi connectivity index (χ1v) is 7.68.